The first-order chi connectivity index (χ1) is 8.08. The molecule has 0 radical (unpaired) electrons. The average molecular weight is 260 g/mol. The number of carboxylic acids is 1. The molecule has 0 aliphatic carbocycles. The SMILES string of the molecule is O=C1CC[C@H](OC(=O)N2CSC[C@H]2C(=O)O)N1. The zero-order valence-corrected chi connectivity index (χ0v) is 9.74. The molecule has 17 heavy (non-hydrogen) atoms. The first-order valence-electron chi connectivity index (χ1n) is 5.15. The van der Waals surface area contributed by atoms with Crippen LogP contribution in [0, 0.1) is 0 Å². The van der Waals surface area contributed by atoms with Gasteiger partial charge in [-0.05, 0) is 0 Å². The number of ether oxygens (including phenoxy) is 1. The van der Waals surface area contributed by atoms with Crippen LogP contribution < -0.4 is 5.32 Å². The Morgan fingerprint density at radius 1 is 1.53 bits per heavy atom. The third-order valence-electron chi connectivity index (χ3n) is 2.60. The van der Waals surface area contributed by atoms with E-state index < -0.39 is 24.3 Å². The standard InChI is InChI=1S/C9H12N2O5S/c12-6-1-2-7(10-6)16-9(15)11-4-17-3-5(11)8(13)14/h5,7H,1-4H2,(H,10,12)(H,13,14)/t5-,7-/m0/s1. The van der Waals surface area contributed by atoms with Gasteiger partial charge in [0.2, 0.25) is 5.91 Å². The van der Waals surface area contributed by atoms with Gasteiger partial charge in [-0.15, -0.1) is 11.8 Å². The number of carboxylic acid groups (broad SMARTS) is 1. The van der Waals surface area contributed by atoms with E-state index >= 15 is 0 Å². The molecule has 2 aliphatic rings. The van der Waals surface area contributed by atoms with E-state index in [4.69, 9.17) is 9.84 Å². The molecule has 0 aromatic heterocycles. The lowest BCUT2D eigenvalue weighted by atomic mass is 10.3. The molecule has 0 spiro atoms. The minimum atomic E-state index is -1.04. The predicted octanol–water partition coefficient (Wildman–Crippen LogP) is -0.181. The lowest BCUT2D eigenvalue weighted by Crippen LogP contribution is -2.44. The van der Waals surface area contributed by atoms with Gasteiger partial charge in [-0.1, -0.05) is 0 Å². The van der Waals surface area contributed by atoms with E-state index in [-0.39, 0.29) is 5.91 Å². The Bertz CT molecular complexity index is 361. The second-order valence-electron chi connectivity index (χ2n) is 3.80. The van der Waals surface area contributed by atoms with Crippen molar-refractivity contribution in [2.24, 2.45) is 0 Å². The maximum absolute atomic E-state index is 11.7. The number of nitrogens with zero attached hydrogens (tertiary/aromatic N) is 1. The number of hydrogen-bond donors (Lipinski definition) is 2. The van der Waals surface area contributed by atoms with Crippen LogP contribution in [0.4, 0.5) is 4.79 Å². The van der Waals surface area contributed by atoms with Crippen LogP contribution in [-0.4, -0.2) is 51.9 Å². The van der Waals surface area contributed by atoms with Crippen molar-refractivity contribution in [3.05, 3.63) is 0 Å². The van der Waals surface area contributed by atoms with E-state index in [9.17, 15) is 14.4 Å². The van der Waals surface area contributed by atoms with Gasteiger partial charge >= 0.3 is 12.1 Å². The number of carbonyl (C=O) groups is 3. The fraction of sp³-hybridized carbons (Fsp3) is 0.667. The maximum atomic E-state index is 11.7. The molecule has 2 aliphatic heterocycles. The summed E-state index contributed by atoms with van der Waals surface area (Å²) in [4.78, 5) is 34.7. The zero-order chi connectivity index (χ0) is 12.4. The first kappa shape index (κ1) is 12.0. The Hall–Kier alpha value is -1.44. The van der Waals surface area contributed by atoms with E-state index in [0.29, 0.717) is 24.5 Å². The monoisotopic (exact) mass is 260 g/mol. The lowest BCUT2D eigenvalue weighted by Gasteiger charge is -2.22. The predicted molar refractivity (Wildman–Crippen MR) is 58.2 cm³/mol. The van der Waals surface area contributed by atoms with Crippen LogP contribution in [0.5, 0.6) is 0 Å². The topological polar surface area (TPSA) is 95.9 Å². The van der Waals surface area contributed by atoms with Gasteiger partial charge in [-0.25, -0.2) is 9.59 Å². The highest BCUT2D eigenvalue weighted by Gasteiger charge is 2.37. The summed E-state index contributed by atoms with van der Waals surface area (Å²) in [6, 6.07) is -0.843. The van der Waals surface area contributed by atoms with Crippen LogP contribution in [0.15, 0.2) is 0 Å². The van der Waals surface area contributed by atoms with Crippen LogP contribution in [-0.2, 0) is 14.3 Å². The van der Waals surface area contributed by atoms with E-state index in [2.05, 4.69) is 5.32 Å². The summed E-state index contributed by atoms with van der Waals surface area (Å²) < 4.78 is 5.02. The summed E-state index contributed by atoms with van der Waals surface area (Å²) in [6.45, 7) is 0. The molecule has 2 atom stereocenters. The largest absolute Gasteiger partial charge is 0.480 e. The maximum Gasteiger partial charge on any atom is 0.413 e. The van der Waals surface area contributed by atoms with E-state index in [1.165, 1.54) is 11.8 Å². The molecule has 94 valence electrons. The Balaban J connectivity index is 1.91. The third kappa shape index (κ3) is 2.63. The van der Waals surface area contributed by atoms with E-state index in [1.54, 1.807) is 0 Å². The van der Waals surface area contributed by atoms with E-state index in [0.717, 1.165) is 4.90 Å². The number of amides is 2. The van der Waals surface area contributed by atoms with Gasteiger partial charge in [0.25, 0.3) is 0 Å². The Morgan fingerprint density at radius 3 is 2.88 bits per heavy atom. The van der Waals surface area contributed by atoms with Gasteiger partial charge in [0.05, 0.1) is 5.88 Å². The Morgan fingerprint density at radius 2 is 2.29 bits per heavy atom. The molecule has 7 nitrogen and oxygen atoms in total. The van der Waals surface area contributed by atoms with Crippen molar-refractivity contribution >= 4 is 29.7 Å². The highest BCUT2D eigenvalue weighted by molar-refractivity contribution is 7.99. The molecule has 0 unspecified atom stereocenters. The van der Waals surface area contributed by atoms with Crippen molar-refractivity contribution in [1.82, 2.24) is 10.2 Å². The molecular weight excluding hydrogens is 248 g/mol. The fourth-order valence-corrected chi connectivity index (χ4v) is 2.82. The molecule has 0 aromatic carbocycles. The molecule has 2 heterocycles. The summed E-state index contributed by atoms with van der Waals surface area (Å²) in [5, 5.41) is 11.4. The van der Waals surface area contributed by atoms with Crippen molar-refractivity contribution < 1.29 is 24.2 Å². The highest BCUT2D eigenvalue weighted by atomic mass is 32.2. The molecule has 0 aromatic rings. The molecule has 8 heteroatoms. The van der Waals surface area contributed by atoms with Crippen LogP contribution in [0.3, 0.4) is 0 Å². The Labute approximate surface area is 101 Å². The van der Waals surface area contributed by atoms with Crippen molar-refractivity contribution in [3.8, 4) is 0 Å². The minimum Gasteiger partial charge on any atom is -0.480 e. The van der Waals surface area contributed by atoms with Crippen LogP contribution in [0.1, 0.15) is 12.8 Å². The first-order valence-corrected chi connectivity index (χ1v) is 6.30. The van der Waals surface area contributed by atoms with Gasteiger partial charge in [0.15, 0.2) is 6.23 Å². The second kappa shape index (κ2) is 4.82. The van der Waals surface area contributed by atoms with Gasteiger partial charge in [0.1, 0.15) is 6.04 Å². The number of nitrogens with one attached hydrogen (secondary N) is 1. The lowest BCUT2D eigenvalue weighted by molar-refractivity contribution is -0.141. The summed E-state index contributed by atoms with van der Waals surface area (Å²) in [5.74, 6) is -0.534. The summed E-state index contributed by atoms with van der Waals surface area (Å²) in [6.07, 6.45) is -0.553. The molecule has 0 bridgehead atoms. The van der Waals surface area contributed by atoms with Gasteiger partial charge < -0.3 is 15.2 Å². The smallest absolute Gasteiger partial charge is 0.413 e. The molecule has 2 amide bonds. The normalized spacial score (nSPS) is 28.0. The van der Waals surface area contributed by atoms with Crippen LogP contribution >= 0.6 is 11.8 Å². The van der Waals surface area contributed by atoms with Crippen LogP contribution in [0.25, 0.3) is 0 Å². The number of rotatable bonds is 2. The number of thioether (sulfide) groups is 1. The van der Waals surface area contributed by atoms with Gasteiger partial charge in [0, 0.05) is 18.6 Å². The van der Waals surface area contributed by atoms with Crippen molar-refractivity contribution in [3.63, 3.8) is 0 Å². The zero-order valence-electron chi connectivity index (χ0n) is 8.92. The average Bonchev–Trinajstić information content (AvgIpc) is 2.86. The summed E-state index contributed by atoms with van der Waals surface area (Å²) >= 11 is 1.36. The molecule has 2 N–H and O–H groups in total. The molecule has 2 fully saturated rings. The third-order valence-corrected chi connectivity index (χ3v) is 3.61. The van der Waals surface area contributed by atoms with Crippen LogP contribution in [0.2, 0.25) is 0 Å². The summed E-state index contributed by atoms with van der Waals surface area (Å²) in [7, 11) is 0. The van der Waals surface area contributed by atoms with Gasteiger partial charge in [-0.2, -0.15) is 0 Å². The molecule has 2 saturated heterocycles. The highest BCUT2D eigenvalue weighted by Crippen LogP contribution is 2.22. The number of aliphatic carboxylic acids is 1. The fourth-order valence-electron chi connectivity index (χ4n) is 1.69. The second-order valence-corrected chi connectivity index (χ2v) is 4.80. The van der Waals surface area contributed by atoms with E-state index in [1.807, 2.05) is 0 Å². The number of carbonyl (C=O) groups excluding carboxylic acids is 2. The molecular formula is C9H12N2O5S. The molecule has 2 rings (SSSR count). The summed E-state index contributed by atoms with van der Waals surface area (Å²) in [5.41, 5.74) is 0. The number of hydrogen-bond acceptors (Lipinski definition) is 5. The quantitative estimate of drug-likeness (QED) is 0.715. The molecule has 0 saturated carbocycles. The van der Waals surface area contributed by atoms with Crippen molar-refractivity contribution in [2.75, 3.05) is 11.6 Å². The minimum absolute atomic E-state index is 0.159. The van der Waals surface area contributed by atoms with Gasteiger partial charge in [-0.3, -0.25) is 9.69 Å². The Kier molecular flexibility index (Phi) is 3.41. The van der Waals surface area contributed by atoms with Crippen molar-refractivity contribution in [1.29, 1.82) is 0 Å². The van der Waals surface area contributed by atoms with Crippen molar-refractivity contribution in [2.45, 2.75) is 25.1 Å².